The molecule has 3 atom stereocenters. The number of carbonyl (C=O) groups is 1. The lowest BCUT2D eigenvalue weighted by atomic mass is 9.85. The van der Waals surface area contributed by atoms with Crippen LogP contribution in [0.2, 0.25) is 0 Å². The summed E-state index contributed by atoms with van der Waals surface area (Å²) >= 11 is 0. The molecule has 1 aromatic rings. The molecule has 0 aliphatic carbocycles. The molecular weight excluding hydrogens is 254 g/mol. The molecule has 3 heterocycles. The smallest absolute Gasteiger partial charge is 0.253 e. The van der Waals surface area contributed by atoms with Crippen LogP contribution >= 0.6 is 0 Å². The van der Waals surface area contributed by atoms with Gasteiger partial charge in [0.1, 0.15) is 0 Å². The van der Waals surface area contributed by atoms with Crippen molar-refractivity contribution in [2.75, 3.05) is 26.7 Å². The zero-order valence-corrected chi connectivity index (χ0v) is 11.8. The minimum atomic E-state index is -0.0636. The number of likely N-dealkylation sites (N-methyl/N-ethyl adjacent to an activating group) is 1. The van der Waals surface area contributed by atoms with Crippen molar-refractivity contribution in [3.05, 3.63) is 30.1 Å². The van der Waals surface area contributed by atoms with Crippen LogP contribution in [0.5, 0.6) is 0 Å². The Kier molecular flexibility index (Phi) is 3.98. The van der Waals surface area contributed by atoms with Gasteiger partial charge in [0.25, 0.3) is 5.91 Å². The molecule has 20 heavy (non-hydrogen) atoms. The summed E-state index contributed by atoms with van der Waals surface area (Å²) in [5.41, 5.74) is 0.605. The third-order valence-corrected chi connectivity index (χ3v) is 4.19. The molecule has 3 rings (SSSR count). The van der Waals surface area contributed by atoms with Crippen molar-refractivity contribution >= 4 is 5.91 Å². The van der Waals surface area contributed by atoms with E-state index in [2.05, 4.69) is 22.2 Å². The van der Waals surface area contributed by atoms with E-state index < -0.39 is 0 Å². The topological polar surface area (TPSA) is 54.5 Å². The lowest BCUT2D eigenvalue weighted by molar-refractivity contribution is -0.0791. The molecule has 0 bridgehead atoms. The Hall–Kier alpha value is -1.46. The fourth-order valence-electron chi connectivity index (χ4n) is 3.30. The van der Waals surface area contributed by atoms with Gasteiger partial charge < -0.3 is 15.0 Å². The van der Waals surface area contributed by atoms with E-state index in [4.69, 9.17) is 4.74 Å². The second-order valence-electron chi connectivity index (χ2n) is 5.78. The Morgan fingerprint density at radius 3 is 3.20 bits per heavy atom. The largest absolute Gasteiger partial charge is 0.376 e. The third kappa shape index (κ3) is 2.83. The normalized spacial score (nSPS) is 30.6. The van der Waals surface area contributed by atoms with Gasteiger partial charge in [-0.3, -0.25) is 9.78 Å². The second kappa shape index (κ2) is 5.89. The lowest BCUT2D eigenvalue weighted by Crippen LogP contribution is -2.60. The molecule has 1 aromatic heterocycles. The van der Waals surface area contributed by atoms with Gasteiger partial charge in [-0.25, -0.2) is 0 Å². The van der Waals surface area contributed by atoms with Crippen molar-refractivity contribution in [2.45, 2.75) is 25.0 Å². The average molecular weight is 275 g/mol. The predicted octanol–water partition coefficient (Wildman–Crippen LogP) is 0.921. The first-order valence-electron chi connectivity index (χ1n) is 7.25. The number of rotatable bonds is 2. The first-order valence-corrected chi connectivity index (χ1v) is 7.25. The monoisotopic (exact) mass is 275 g/mol. The van der Waals surface area contributed by atoms with Gasteiger partial charge >= 0.3 is 0 Å². The molecule has 0 spiro atoms. The number of amides is 1. The molecule has 0 saturated carbocycles. The van der Waals surface area contributed by atoms with Gasteiger partial charge in [-0.15, -0.1) is 0 Å². The van der Waals surface area contributed by atoms with Crippen LogP contribution in [0.3, 0.4) is 0 Å². The summed E-state index contributed by atoms with van der Waals surface area (Å²) in [6.45, 7) is 2.71. The van der Waals surface area contributed by atoms with Gasteiger partial charge in [-0.05, 0) is 37.9 Å². The summed E-state index contributed by atoms with van der Waals surface area (Å²) < 4.78 is 5.92. The molecule has 2 aliphatic heterocycles. The minimum absolute atomic E-state index is 0.0618. The molecule has 5 nitrogen and oxygen atoms in total. The van der Waals surface area contributed by atoms with Crippen LogP contribution in [-0.4, -0.2) is 54.7 Å². The van der Waals surface area contributed by atoms with Crippen LogP contribution in [0.1, 0.15) is 23.2 Å². The quantitative estimate of drug-likeness (QED) is 0.872. The van der Waals surface area contributed by atoms with Gasteiger partial charge in [-0.1, -0.05) is 0 Å². The molecule has 5 heteroatoms. The summed E-state index contributed by atoms with van der Waals surface area (Å²) in [5.74, 6) is 0.466. The zero-order valence-electron chi connectivity index (χ0n) is 11.8. The maximum Gasteiger partial charge on any atom is 0.253 e. The number of carbonyl (C=O) groups excluding carboxylic acids is 1. The van der Waals surface area contributed by atoms with Crippen molar-refractivity contribution in [1.29, 1.82) is 0 Å². The fourth-order valence-corrected chi connectivity index (χ4v) is 3.30. The van der Waals surface area contributed by atoms with Crippen molar-refractivity contribution in [3.8, 4) is 0 Å². The molecule has 1 N–H and O–H groups in total. The number of aromatic nitrogens is 1. The molecular formula is C15H21N3O2. The number of likely N-dealkylation sites (tertiary alicyclic amines) is 1. The van der Waals surface area contributed by atoms with Crippen LogP contribution in [-0.2, 0) is 4.74 Å². The molecule has 2 fully saturated rings. The van der Waals surface area contributed by atoms with Crippen LogP contribution in [0.15, 0.2) is 24.5 Å². The summed E-state index contributed by atoms with van der Waals surface area (Å²) in [5, 5.41) is 3.12. The highest BCUT2D eigenvalue weighted by Gasteiger charge is 2.38. The van der Waals surface area contributed by atoms with E-state index in [1.165, 1.54) is 6.42 Å². The van der Waals surface area contributed by atoms with Gasteiger partial charge in [0.15, 0.2) is 0 Å². The Bertz CT molecular complexity index is 465. The first-order chi connectivity index (χ1) is 9.74. The van der Waals surface area contributed by atoms with Crippen molar-refractivity contribution in [2.24, 2.45) is 5.92 Å². The van der Waals surface area contributed by atoms with Crippen LogP contribution < -0.4 is 5.32 Å². The minimum Gasteiger partial charge on any atom is -0.376 e. The summed E-state index contributed by atoms with van der Waals surface area (Å²) in [6, 6.07) is 3.63. The highest BCUT2D eigenvalue weighted by molar-refractivity contribution is 5.94. The average Bonchev–Trinajstić information content (AvgIpc) is 2.48. The number of ether oxygens (including phenoxy) is 1. The highest BCUT2D eigenvalue weighted by Crippen LogP contribution is 2.28. The van der Waals surface area contributed by atoms with Gasteiger partial charge in [0, 0.05) is 32.1 Å². The molecule has 0 aromatic carbocycles. The summed E-state index contributed by atoms with van der Waals surface area (Å²) in [7, 11) is 2.11. The highest BCUT2D eigenvalue weighted by atomic mass is 16.5. The van der Waals surface area contributed by atoms with Crippen molar-refractivity contribution in [3.63, 3.8) is 0 Å². The Balaban J connectivity index is 1.70. The van der Waals surface area contributed by atoms with Crippen LogP contribution in [0.25, 0.3) is 0 Å². The van der Waals surface area contributed by atoms with Gasteiger partial charge in [0.05, 0.1) is 17.7 Å². The zero-order chi connectivity index (χ0) is 13.9. The van der Waals surface area contributed by atoms with E-state index in [9.17, 15) is 4.79 Å². The fraction of sp³-hybridized carbons (Fsp3) is 0.600. The number of hydrogen-bond donors (Lipinski definition) is 1. The van der Waals surface area contributed by atoms with E-state index in [0.717, 1.165) is 26.1 Å². The van der Waals surface area contributed by atoms with Crippen molar-refractivity contribution < 1.29 is 9.53 Å². The van der Waals surface area contributed by atoms with E-state index in [-0.39, 0.29) is 18.1 Å². The number of hydrogen-bond acceptors (Lipinski definition) is 4. The third-order valence-electron chi connectivity index (χ3n) is 4.19. The van der Waals surface area contributed by atoms with Gasteiger partial charge in [-0.2, -0.15) is 0 Å². The predicted molar refractivity (Wildman–Crippen MR) is 75.5 cm³/mol. The molecule has 0 radical (unpaired) electrons. The molecule has 108 valence electrons. The number of piperidine rings is 1. The summed E-state index contributed by atoms with van der Waals surface area (Å²) in [4.78, 5) is 18.5. The van der Waals surface area contributed by atoms with E-state index in [1.807, 2.05) is 0 Å². The maximum absolute atomic E-state index is 12.3. The molecule has 1 amide bonds. The molecule has 0 unspecified atom stereocenters. The Labute approximate surface area is 119 Å². The van der Waals surface area contributed by atoms with Crippen LogP contribution in [0.4, 0.5) is 0 Å². The second-order valence-corrected chi connectivity index (χ2v) is 5.78. The number of nitrogens with zero attached hydrogens (tertiary/aromatic N) is 2. The summed E-state index contributed by atoms with van der Waals surface area (Å²) in [6.07, 6.45) is 5.74. The van der Waals surface area contributed by atoms with Gasteiger partial charge in [0.2, 0.25) is 0 Å². The SMILES string of the molecule is CN1C[C@@H]2CCCO[C@@H]2[C@H](NC(=O)c2cccnc2)C1. The lowest BCUT2D eigenvalue weighted by Gasteiger charge is -2.44. The standard InChI is InChI=1S/C15H21N3O2/c1-18-9-12-5-3-7-20-14(12)13(10-18)17-15(19)11-4-2-6-16-8-11/h2,4,6,8,12-14H,3,5,7,9-10H2,1H3,(H,17,19)/t12-,13+,14-/m0/s1. The van der Waals surface area contributed by atoms with E-state index in [0.29, 0.717) is 11.5 Å². The van der Waals surface area contributed by atoms with Crippen molar-refractivity contribution in [1.82, 2.24) is 15.2 Å². The van der Waals surface area contributed by atoms with E-state index in [1.54, 1.807) is 24.5 Å². The number of fused-ring (bicyclic) bond motifs is 1. The number of nitrogens with one attached hydrogen (secondary N) is 1. The number of pyridine rings is 1. The Morgan fingerprint density at radius 2 is 2.40 bits per heavy atom. The molecule has 2 saturated heterocycles. The van der Waals surface area contributed by atoms with Crippen LogP contribution in [0, 0.1) is 5.92 Å². The Morgan fingerprint density at radius 1 is 1.50 bits per heavy atom. The molecule has 2 aliphatic rings. The maximum atomic E-state index is 12.3. The van der Waals surface area contributed by atoms with E-state index >= 15 is 0 Å². The first kappa shape index (κ1) is 13.5.